The molecule has 0 aromatic heterocycles. The minimum Gasteiger partial charge on any atom is -0.382 e. The lowest BCUT2D eigenvalue weighted by atomic mass is 9.96. The molecule has 6 nitrogen and oxygen atoms in total. The number of primary amides is 1. The van der Waals surface area contributed by atoms with E-state index in [2.05, 4.69) is 5.32 Å². The number of primary sulfonamides is 1. The third kappa shape index (κ3) is 4.83. The van der Waals surface area contributed by atoms with Crippen molar-refractivity contribution in [3.05, 3.63) is 22.7 Å². The van der Waals surface area contributed by atoms with Crippen LogP contribution in [0.3, 0.4) is 0 Å². The van der Waals surface area contributed by atoms with Gasteiger partial charge in [-0.25, -0.2) is 13.6 Å². The summed E-state index contributed by atoms with van der Waals surface area (Å²) >= 11 is 6.02. The predicted octanol–water partition coefficient (Wildman–Crippen LogP) is 2.61. The lowest BCUT2D eigenvalue weighted by Crippen LogP contribution is -2.24. The Kier molecular flexibility index (Phi) is 5.89. The first-order valence-electron chi connectivity index (χ1n) is 7.71. The Labute approximate surface area is 141 Å². The molecule has 0 spiro atoms. The molecule has 1 aromatic rings. The van der Waals surface area contributed by atoms with Crippen molar-refractivity contribution in [1.82, 2.24) is 0 Å². The van der Waals surface area contributed by atoms with E-state index in [1.165, 1.54) is 25.3 Å². The van der Waals surface area contributed by atoms with Gasteiger partial charge >= 0.3 is 0 Å². The smallest absolute Gasteiger partial charge is 0.250 e. The minimum absolute atomic E-state index is 0.0224. The average molecular weight is 360 g/mol. The van der Waals surface area contributed by atoms with E-state index >= 15 is 0 Å². The van der Waals surface area contributed by atoms with Gasteiger partial charge in [-0.1, -0.05) is 43.7 Å². The van der Waals surface area contributed by atoms with Crippen molar-refractivity contribution in [3.63, 3.8) is 0 Å². The fraction of sp³-hybridized carbons (Fsp3) is 0.533. The van der Waals surface area contributed by atoms with Gasteiger partial charge in [-0.15, -0.1) is 0 Å². The Hall–Kier alpha value is -1.31. The highest BCUT2D eigenvalue weighted by Crippen LogP contribution is 2.30. The number of amides is 1. The number of carbonyl (C=O) groups excluding carboxylic acids is 1. The van der Waals surface area contributed by atoms with E-state index in [0.717, 1.165) is 31.7 Å². The summed E-state index contributed by atoms with van der Waals surface area (Å²) < 4.78 is 23.1. The van der Waals surface area contributed by atoms with Gasteiger partial charge in [0.25, 0.3) is 5.91 Å². The highest BCUT2D eigenvalue weighted by molar-refractivity contribution is 7.89. The van der Waals surface area contributed by atoms with Crippen LogP contribution in [0.15, 0.2) is 17.0 Å². The zero-order chi connectivity index (χ0) is 17.0. The summed E-state index contributed by atoms with van der Waals surface area (Å²) in [4.78, 5) is 11.4. The molecule has 0 saturated heterocycles. The van der Waals surface area contributed by atoms with Crippen molar-refractivity contribution in [1.29, 1.82) is 0 Å². The number of rotatable bonds is 4. The molecule has 0 aliphatic heterocycles. The first-order valence-corrected chi connectivity index (χ1v) is 9.64. The molecule has 1 aliphatic carbocycles. The zero-order valence-corrected chi connectivity index (χ0v) is 14.4. The molecule has 1 fully saturated rings. The second-order valence-electron chi connectivity index (χ2n) is 5.92. The van der Waals surface area contributed by atoms with Gasteiger partial charge in [0.15, 0.2) is 0 Å². The van der Waals surface area contributed by atoms with Crippen molar-refractivity contribution in [3.8, 4) is 0 Å². The van der Waals surface area contributed by atoms with E-state index in [1.807, 2.05) is 0 Å². The van der Waals surface area contributed by atoms with Crippen LogP contribution in [0.4, 0.5) is 5.69 Å². The van der Waals surface area contributed by atoms with Gasteiger partial charge in [0, 0.05) is 11.7 Å². The standard InChI is InChI=1S/C15H22ClN3O3S/c16-12-9-13(19-10-6-4-2-1-3-5-7-10)11(15(17)20)8-14(12)23(18,21)22/h8-10,19H,1-7H2,(H2,17,20)(H2,18,21,22). The molecule has 0 unspecified atom stereocenters. The summed E-state index contributed by atoms with van der Waals surface area (Å²) in [5.74, 6) is -0.722. The second kappa shape index (κ2) is 7.51. The molecule has 128 valence electrons. The Bertz CT molecular complexity index is 683. The van der Waals surface area contributed by atoms with Crippen LogP contribution >= 0.6 is 11.6 Å². The molecule has 0 radical (unpaired) electrons. The minimum atomic E-state index is -4.02. The van der Waals surface area contributed by atoms with Crippen LogP contribution in [0, 0.1) is 0 Å². The van der Waals surface area contributed by atoms with Crippen LogP contribution in [0.5, 0.6) is 0 Å². The highest BCUT2D eigenvalue weighted by Gasteiger charge is 2.21. The topological polar surface area (TPSA) is 115 Å². The molecular formula is C15H22ClN3O3S. The number of nitrogens with two attached hydrogens (primary N) is 2. The summed E-state index contributed by atoms with van der Waals surface area (Å²) in [6, 6.07) is 2.77. The van der Waals surface area contributed by atoms with Crippen molar-refractivity contribution in [2.45, 2.75) is 55.9 Å². The molecule has 0 bridgehead atoms. The molecule has 23 heavy (non-hydrogen) atoms. The van der Waals surface area contributed by atoms with Crippen molar-refractivity contribution in [2.75, 3.05) is 5.32 Å². The van der Waals surface area contributed by atoms with E-state index in [1.54, 1.807) is 0 Å². The van der Waals surface area contributed by atoms with Gasteiger partial charge in [-0.2, -0.15) is 0 Å². The first kappa shape index (κ1) is 18.0. The summed E-state index contributed by atoms with van der Waals surface area (Å²) in [5.41, 5.74) is 5.92. The molecule has 2 rings (SSSR count). The van der Waals surface area contributed by atoms with Crippen molar-refractivity contribution < 1.29 is 13.2 Å². The highest BCUT2D eigenvalue weighted by atomic mass is 35.5. The summed E-state index contributed by atoms with van der Waals surface area (Å²) in [7, 11) is -4.02. The van der Waals surface area contributed by atoms with Crippen molar-refractivity contribution >= 4 is 33.2 Å². The average Bonchev–Trinajstić information content (AvgIpc) is 2.39. The van der Waals surface area contributed by atoms with Gasteiger partial charge in [-0.05, 0) is 25.0 Å². The lowest BCUT2D eigenvalue weighted by Gasteiger charge is -2.23. The third-order valence-electron chi connectivity index (χ3n) is 4.11. The molecule has 0 heterocycles. The second-order valence-corrected chi connectivity index (χ2v) is 7.86. The van der Waals surface area contributed by atoms with Gasteiger partial charge in [0.05, 0.1) is 10.6 Å². The fourth-order valence-corrected chi connectivity index (χ4v) is 4.01. The van der Waals surface area contributed by atoms with Crippen LogP contribution in [0.1, 0.15) is 55.3 Å². The molecule has 1 aliphatic rings. The normalized spacial score (nSPS) is 17.3. The van der Waals surface area contributed by atoms with E-state index in [9.17, 15) is 13.2 Å². The largest absolute Gasteiger partial charge is 0.382 e. The molecule has 5 N–H and O–H groups in total. The predicted molar refractivity (Wildman–Crippen MR) is 91.1 cm³/mol. The molecular weight excluding hydrogens is 338 g/mol. The maximum Gasteiger partial charge on any atom is 0.250 e. The maximum atomic E-state index is 11.7. The Morgan fingerprint density at radius 1 is 1.13 bits per heavy atom. The Morgan fingerprint density at radius 2 is 1.70 bits per heavy atom. The zero-order valence-electron chi connectivity index (χ0n) is 12.8. The van der Waals surface area contributed by atoms with Crippen LogP contribution in [-0.4, -0.2) is 20.4 Å². The van der Waals surface area contributed by atoms with Crippen LogP contribution in [0.25, 0.3) is 0 Å². The summed E-state index contributed by atoms with van der Waals surface area (Å²) in [6.07, 6.45) is 7.88. The number of anilines is 1. The number of benzene rings is 1. The number of nitrogens with one attached hydrogen (secondary N) is 1. The summed E-state index contributed by atoms with van der Waals surface area (Å²) in [6.45, 7) is 0. The maximum absolute atomic E-state index is 11.7. The van der Waals surface area contributed by atoms with Crippen LogP contribution < -0.4 is 16.2 Å². The van der Waals surface area contributed by atoms with Gasteiger partial charge in [-0.3, -0.25) is 4.79 Å². The molecule has 8 heteroatoms. The summed E-state index contributed by atoms with van der Waals surface area (Å²) in [5, 5.41) is 8.39. The lowest BCUT2D eigenvalue weighted by molar-refractivity contribution is 0.100. The number of hydrogen-bond acceptors (Lipinski definition) is 4. The monoisotopic (exact) mass is 359 g/mol. The number of carbonyl (C=O) groups is 1. The third-order valence-corrected chi connectivity index (χ3v) is 5.48. The SMILES string of the molecule is NC(=O)c1cc(S(N)(=O)=O)c(Cl)cc1NC1CCCCCCC1. The Morgan fingerprint density at radius 3 is 2.22 bits per heavy atom. The van der Waals surface area contributed by atoms with E-state index in [-0.39, 0.29) is 21.5 Å². The fourth-order valence-electron chi connectivity index (χ4n) is 2.92. The molecule has 1 amide bonds. The van der Waals surface area contributed by atoms with Gasteiger partial charge < -0.3 is 11.1 Å². The van der Waals surface area contributed by atoms with Crippen LogP contribution in [0.2, 0.25) is 5.02 Å². The number of sulfonamides is 1. The molecule has 0 atom stereocenters. The molecule has 1 saturated carbocycles. The van der Waals surface area contributed by atoms with Gasteiger partial charge in [0.1, 0.15) is 4.90 Å². The molecule has 1 aromatic carbocycles. The number of hydrogen-bond donors (Lipinski definition) is 3. The van der Waals surface area contributed by atoms with Gasteiger partial charge in [0.2, 0.25) is 10.0 Å². The first-order chi connectivity index (χ1) is 10.8. The quantitative estimate of drug-likeness (QED) is 0.766. The Balaban J connectivity index is 2.33. The van der Waals surface area contributed by atoms with E-state index in [4.69, 9.17) is 22.5 Å². The van der Waals surface area contributed by atoms with E-state index in [0.29, 0.717) is 5.69 Å². The number of halogens is 1. The van der Waals surface area contributed by atoms with Crippen LogP contribution in [-0.2, 0) is 10.0 Å². The van der Waals surface area contributed by atoms with E-state index < -0.39 is 15.9 Å². The van der Waals surface area contributed by atoms with Crippen molar-refractivity contribution in [2.24, 2.45) is 10.9 Å².